The predicted molar refractivity (Wildman–Crippen MR) is 127 cm³/mol. The van der Waals surface area contributed by atoms with Crippen LogP contribution in [-0.2, 0) is 9.53 Å². The van der Waals surface area contributed by atoms with E-state index in [4.69, 9.17) is 9.47 Å². The molecule has 0 unspecified atom stereocenters. The minimum Gasteiger partial charge on any atom is -0.497 e. The zero-order valence-corrected chi connectivity index (χ0v) is 19.5. The zero-order chi connectivity index (χ0) is 24.9. The minimum absolute atomic E-state index is 0.0529. The number of aromatic nitrogens is 2. The third kappa shape index (κ3) is 5.16. The molecular formula is C25H26N4O6. The molecule has 0 N–H and O–H groups in total. The molecule has 2 heterocycles. The number of methoxy groups -OCH3 is 1. The number of non-ortho nitro benzene ring substituents is 1. The van der Waals surface area contributed by atoms with Gasteiger partial charge in [0.1, 0.15) is 11.4 Å². The molecule has 1 amide bonds. The largest absolute Gasteiger partial charge is 0.497 e. The van der Waals surface area contributed by atoms with E-state index in [1.165, 1.54) is 16.8 Å². The summed E-state index contributed by atoms with van der Waals surface area (Å²) in [6.45, 7) is 2.94. The number of piperidine rings is 1. The fourth-order valence-corrected chi connectivity index (χ4v) is 4.11. The molecule has 35 heavy (non-hydrogen) atoms. The molecule has 4 rings (SSSR count). The van der Waals surface area contributed by atoms with E-state index in [0.717, 1.165) is 5.56 Å². The van der Waals surface area contributed by atoms with Crippen molar-refractivity contribution in [3.05, 3.63) is 70.4 Å². The van der Waals surface area contributed by atoms with E-state index in [-0.39, 0.29) is 23.5 Å². The molecule has 0 atom stereocenters. The number of carbonyl (C=O) groups is 2. The quantitative estimate of drug-likeness (QED) is 0.287. The van der Waals surface area contributed by atoms with Crippen LogP contribution >= 0.6 is 0 Å². The summed E-state index contributed by atoms with van der Waals surface area (Å²) in [5, 5.41) is 15.7. The van der Waals surface area contributed by atoms with Crippen molar-refractivity contribution in [2.24, 2.45) is 5.92 Å². The highest BCUT2D eigenvalue weighted by molar-refractivity contribution is 5.94. The van der Waals surface area contributed by atoms with Gasteiger partial charge in [0, 0.05) is 30.8 Å². The van der Waals surface area contributed by atoms with Gasteiger partial charge in [-0.1, -0.05) is 12.1 Å². The minimum atomic E-state index is -0.478. The average molecular weight is 479 g/mol. The Kier molecular flexibility index (Phi) is 7.09. The highest BCUT2D eigenvalue weighted by Gasteiger charge is 2.30. The number of nitrogens with zero attached hydrogens (tertiary/aromatic N) is 4. The molecule has 10 nitrogen and oxygen atoms in total. The lowest BCUT2D eigenvalue weighted by atomic mass is 9.97. The molecule has 0 radical (unpaired) electrons. The van der Waals surface area contributed by atoms with Crippen LogP contribution in [0.4, 0.5) is 5.69 Å². The number of likely N-dealkylation sites (tertiary alicyclic amines) is 1. The maximum absolute atomic E-state index is 13.6. The lowest BCUT2D eigenvalue weighted by molar-refractivity contribution is -0.384. The summed E-state index contributed by atoms with van der Waals surface area (Å²) in [7, 11) is 1.57. The highest BCUT2D eigenvalue weighted by Crippen LogP contribution is 2.28. The summed E-state index contributed by atoms with van der Waals surface area (Å²) in [4.78, 5) is 37.9. The van der Waals surface area contributed by atoms with Crippen LogP contribution in [0.15, 0.2) is 54.6 Å². The number of carbonyl (C=O) groups excluding carboxylic acids is 2. The number of ether oxygens (including phenoxy) is 2. The van der Waals surface area contributed by atoms with Crippen molar-refractivity contribution in [1.82, 2.24) is 14.7 Å². The third-order valence-electron chi connectivity index (χ3n) is 6.00. The molecule has 0 saturated carbocycles. The summed E-state index contributed by atoms with van der Waals surface area (Å²) in [6.07, 6.45) is 1.05. The summed E-state index contributed by atoms with van der Waals surface area (Å²) < 4.78 is 11.9. The number of nitro benzene ring substituents is 1. The van der Waals surface area contributed by atoms with Gasteiger partial charge in [-0.3, -0.25) is 19.7 Å². The topological polar surface area (TPSA) is 117 Å². The standard InChI is InChI=1S/C25H26N4O6/c1-3-35-25(31)17-11-13-27(14-12-17)24(30)23-16-22(18-5-4-6-21(15-18)34-2)26-28(23)19-7-9-20(10-8-19)29(32)33/h4-10,15-17H,3,11-14H2,1-2H3. The fraction of sp³-hybridized carbons (Fsp3) is 0.320. The maximum atomic E-state index is 13.6. The third-order valence-corrected chi connectivity index (χ3v) is 6.00. The monoisotopic (exact) mass is 478 g/mol. The zero-order valence-electron chi connectivity index (χ0n) is 19.5. The molecule has 10 heteroatoms. The van der Waals surface area contributed by atoms with Gasteiger partial charge in [0.2, 0.25) is 0 Å². The van der Waals surface area contributed by atoms with Crippen molar-refractivity contribution in [2.75, 3.05) is 26.8 Å². The molecule has 1 saturated heterocycles. The number of hydrogen-bond acceptors (Lipinski definition) is 7. The van der Waals surface area contributed by atoms with Crippen LogP contribution in [-0.4, -0.2) is 58.3 Å². The summed E-state index contributed by atoms with van der Waals surface area (Å²) in [5.74, 6) is -0.0182. The second-order valence-electron chi connectivity index (χ2n) is 8.15. The van der Waals surface area contributed by atoms with Crippen molar-refractivity contribution in [1.29, 1.82) is 0 Å². The van der Waals surface area contributed by atoms with Crippen LogP contribution < -0.4 is 4.74 Å². The molecule has 1 aromatic heterocycles. The van der Waals surface area contributed by atoms with Gasteiger partial charge in [0.15, 0.2) is 0 Å². The summed E-state index contributed by atoms with van der Waals surface area (Å²) >= 11 is 0. The van der Waals surface area contributed by atoms with E-state index in [0.29, 0.717) is 55.4 Å². The van der Waals surface area contributed by atoms with Gasteiger partial charge < -0.3 is 14.4 Å². The maximum Gasteiger partial charge on any atom is 0.309 e. The number of rotatable bonds is 7. The van der Waals surface area contributed by atoms with E-state index in [2.05, 4.69) is 5.10 Å². The molecule has 2 aromatic carbocycles. The second-order valence-corrected chi connectivity index (χ2v) is 8.15. The van der Waals surface area contributed by atoms with Crippen LogP contribution in [0, 0.1) is 16.0 Å². The van der Waals surface area contributed by atoms with Crippen LogP contribution in [0.3, 0.4) is 0 Å². The van der Waals surface area contributed by atoms with Gasteiger partial charge in [-0.15, -0.1) is 0 Å². The average Bonchev–Trinajstić information content (AvgIpc) is 3.34. The van der Waals surface area contributed by atoms with Crippen molar-refractivity contribution in [3.63, 3.8) is 0 Å². The Balaban J connectivity index is 1.66. The van der Waals surface area contributed by atoms with Crippen LogP contribution in [0.25, 0.3) is 16.9 Å². The molecule has 1 fully saturated rings. The summed E-state index contributed by atoms with van der Waals surface area (Å²) in [6, 6.07) is 14.9. The van der Waals surface area contributed by atoms with E-state index in [9.17, 15) is 19.7 Å². The van der Waals surface area contributed by atoms with Crippen LogP contribution in [0.1, 0.15) is 30.3 Å². The number of esters is 1. The first-order valence-corrected chi connectivity index (χ1v) is 11.4. The molecule has 1 aliphatic heterocycles. The van der Waals surface area contributed by atoms with E-state index >= 15 is 0 Å². The molecule has 0 aliphatic carbocycles. The molecular weight excluding hydrogens is 452 g/mol. The Bertz CT molecular complexity index is 1230. The first kappa shape index (κ1) is 23.9. The number of benzene rings is 2. The van der Waals surface area contributed by atoms with Gasteiger partial charge in [0.05, 0.1) is 35.9 Å². The van der Waals surface area contributed by atoms with Crippen molar-refractivity contribution < 1.29 is 24.0 Å². The van der Waals surface area contributed by atoms with E-state index in [1.54, 1.807) is 37.1 Å². The molecule has 0 bridgehead atoms. The van der Waals surface area contributed by atoms with Crippen LogP contribution in [0.5, 0.6) is 5.75 Å². The SMILES string of the molecule is CCOC(=O)C1CCN(C(=O)c2cc(-c3cccc(OC)c3)nn2-c2ccc([N+](=O)[O-])cc2)CC1. The summed E-state index contributed by atoms with van der Waals surface area (Å²) in [5.41, 5.74) is 2.12. The van der Waals surface area contributed by atoms with Gasteiger partial charge in [-0.25, -0.2) is 4.68 Å². The van der Waals surface area contributed by atoms with Gasteiger partial charge in [-0.2, -0.15) is 5.10 Å². The van der Waals surface area contributed by atoms with Crippen molar-refractivity contribution in [3.8, 4) is 22.7 Å². The Morgan fingerprint density at radius 3 is 2.46 bits per heavy atom. The van der Waals surface area contributed by atoms with Crippen molar-refractivity contribution in [2.45, 2.75) is 19.8 Å². The van der Waals surface area contributed by atoms with Crippen LogP contribution in [0.2, 0.25) is 0 Å². The Morgan fingerprint density at radius 1 is 1.11 bits per heavy atom. The number of nitro groups is 1. The fourth-order valence-electron chi connectivity index (χ4n) is 4.11. The Hall–Kier alpha value is -4.21. The van der Waals surface area contributed by atoms with E-state index in [1.807, 2.05) is 24.3 Å². The lowest BCUT2D eigenvalue weighted by Gasteiger charge is -2.30. The smallest absolute Gasteiger partial charge is 0.309 e. The highest BCUT2D eigenvalue weighted by atomic mass is 16.6. The van der Waals surface area contributed by atoms with Gasteiger partial charge in [0.25, 0.3) is 11.6 Å². The first-order valence-electron chi connectivity index (χ1n) is 11.4. The number of hydrogen-bond donors (Lipinski definition) is 0. The molecule has 3 aromatic rings. The predicted octanol–water partition coefficient (Wildman–Crippen LogP) is 3.87. The second kappa shape index (κ2) is 10.4. The molecule has 182 valence electrons. The normalized spacial score (nSPS) is 13.9. The molecule has 1 aliphatic rings. The number of amides is 1. The Morgan fingerprint density at radius 2 is 1.83 bits per heavy atom. The van der Waals surface area contributed by atoms with Crippen molar-refractivity contribution >= 4 is 17.6 Å². The van der Waals surface area contributed by atoms with Gasteiger partial charge >= 0.3 is 5.97 Å². The first-order chi connectivity index (χ1) is 16.9. The molecule has 0 spiro atoms. The Labute approximate surface area is 202 Å². The lowest BCUT2D eigenvalue weighted by Crippen LogP contribution is -2.41. The van der Waals surface area contributed by atoms with E-state index < -0.39 is 4.92 Å². The van der Waals surface area contributed by atoms with Gasteiger partial charge in [-0.05, 0) is 50.1 Å².